The summed E-state index contributed by atoms with van der Waals surface area (Å²) in [5, 5.41) is 7.52. The van der Waals surface area contributed by atoms with E-state index >= 15 is 0 Å². The Morgan fingerprint density at radius 2 is 1.78 bits per heavy atom. The van der Waals surface area contributed by atoms with Crippen LogP contribution in [-0.4, -0.2) is 51.1 Å². The molecule has 2 atom stereocenters. The molecule has 0 spiro atoms. The fourth-order valence-corrected chi connectivity index (χ4v) is 1.71. The minimum absolute atomic E-state index is 0.219. The Hall–Kier alpha value is -1.70. The van der Waals surface area contributed by atoms with Gasteiger partial charge in [-0.15, -0.1) is 0 Å². The van der Waals surface area contributed by atoms with Crippen molar-refractivity contribution < 1.29 is 23.9 Å². The number of amides is 3. The van der Waals surface area contributed by atoms with Crippen molar-refractivity contribution in [2.75, 3.05) is 19.8 Å². The second-order valence-corrected chi connectivity index (χ2v) is 4.65. The van der Waals surface area contributed by atoms with E-state index in [1.54, 1.807) is 13.8 Å². The first-order valence-electron chi connectivity index (χ1n) is 7.41. The molecule has 0 rings (SSSR count). The number of nitrogens with zero attached hydrogens (tertiary/aromatic N) is 1. The Morgan fingerprint density at radius 3 is 2.39 bits per heavy atom. The summed E-state index contributed by atoms with van der Waals surface area (Å²) < 4.78 is 13.1. The van der Waals surface area contributed by atoms with Crippen LogP contribution in [-0.2, 0) is 14.3 Å². The Morgan fingerprint density at radius 1 is 1.13 bits per heavy atom. The molecule has 0 bridgehead atoms. The molecule has 0 saturated heterocycles. The number of alkyl carbamates (subject to hydrolysis) is 2. The van der Waals surface area contributed by atoms with Gasteiger partial charge in [-0.05, 0) is 0 Å². The number of hydrogen-bond acceptors (Lipinski definition) is 6. The number of carbonyl (C=O) groups is 3. The predicted molar refractivity (Wildman–Crippen MR) is 88.9 cm³/mol. The average Bonchev–Trinajstić information content (AvgIpc) is 2.51. The average molecular weight is 346 g/mol. The van der Waals surface area contributed by atoms with Crippen LogP contribution in [0.3, 0.4) is 0 Å². The maximum atomic E-state index is 11.9. The van der Waals surface area contributed by atoms with Crippen LogP contribution in [0.5, 0.6) is 0 Å². The zero-order valence-corrected chi connectivity index (χ0v) is 14.6. The molecule has 0 aromatic rings. The van der Waals surface area contributed by atoms with Gasteiger partial charge in [-0.25, -0.2) is 0 Å². The number of hydrogen-bond donors (Lipinski definition) is 3. The van der Waals surface area contributed by atoms with E-state index < -0.39 is 18.2 Å². The SMILES string of the molecule is CCOC(=O)NCCCCC(NC(=O)OCC)C(=O)NB=NP. The molecule has 0 fully saturated rings. The molecule has 3 N–H and O–H groups in total. The molecule has 2 unspecified atom stereocenters. The van der Waals surface area contributed by atoms with E-state index in [1.807, 2.05) is 0 Å². The van der Waals surface area contributed by atoms with Crippen molar-refractivity contribution in [2.24, 2.45) is 4.67 Å². The quantitative estimate of drug-likeness (QED) is 0.306. The predicted octanol–water partition coefficient (Wildman–Crippen LogP) is 0.727. The Labute approximate surface area is 138 Å². The molecule has 0 aromatic carbocycles. The molecule has 9 nitrogen and oxygen atoms in total. The molecule has 0 aliphatic carbocycles. The molecule has 130 valence electrons. The van der Waals surface area contributed by atoms with Crippen molar-refractivity contribution in [3.63, 3.8) is 0 Å². The number of rotatable bonds is 10. The minimum atomic E-state index is -0.736. The van der Waals surface area contributed by atoms with Gasteiger partial charge in [0.05, 0.1) is 0 Å². The van der Waals surface area contributed by atoms with Crippen LogP contribution in [0.15, 0.2) is 4.67 Å². The van der Waals surface area contributed by atoms with Crippen molar-refractivity contribution in [1.82, 2.24) is 15.9 Å². The molecule has 0 aliphatic heterocycles. The van der Waals surface area contributed by atoms with Crippen LogP contribution in [0.1, 0.15) is 33.1 Å². The van der Waals surface area contributed by atoms with Crippen LogP contribution < -0.4 is 15.9 Å². The van der Waals surface area contributed by atoms with Gasteiger partial charge in [0.15, 0.2) is 0 Å². The van der Waals surface area contributed by atoms with Gasteiger partial charge in [0.25, 0.3) is 0 Å². The molecule has 23 heavy (non-hydrogen) atoms. The third-order valence-electron chi connectivity index (χ3n) is 2.63. The molecular weight excluding hydrogens is 322 g/mol. The number of nitrogens with one attached hydrogen (secondary N) is 3. The van der Waals surface area contributed by atoms with Crippen molar-refractivity contribution in [2.45, 2.75) is 39.2 Å². The molecule has 0 heterocycles. The van der Waals surface area contributed by atoms with Gasteiger partial charge in [-0.1, -0.05) is 0 Å². The first-order chi connectivity index (χ1) is 11.0. The van der Waals surface area contributed by atoms with Crippen molar-refractivity contribution >= 4 is 34.7 Å². The third kappa shape index (κ3) is 11.5. The van der Waals surface area contributed by atoms with Crippen LogP contribution in [0.2, 0.25) is 0 Å². The van der Waals surface area contributed by atoms with Gasteiger partial charge >= 0.3 is 138 Å². The number of carbonyl (C=O) groups excluding carboxylic acids is 3. The van der Waals surface area contributed by atoms with Crippen LogP contribution in [0.25, 0.3) is 0 Å². The van der Waals surface area contributed by atoms with Gasteiger partial charge in [-0.3, -0.25) is 0 Å². The first-order valence-corrected chi connectivity index (χ1v) is 7.92. The standard InChI is InChI=1S/C12H24BN4O5P/c1-3-21-11(19)14-8-6-5-7-9(10(18)16-13-17-23)15-12(20)22-4-2/h9H,3-8,23H2,1-2H3,(H,14,19)(H,15,20)(H,16,18). The Kier molecular flexibility index (Phi) is 12.9. The van der Waals surface area contributed by atoms with E-state index in [-0.39, 0.29) is 12.5 Å². The molecule has 3 amide bonds. The zero-order valence-electron chi connectivity index (χ0n) is 13.5. The van der Waals surface area contributed by atoms with Gasteiger partial charge < -0.3 is 0 Å². The summed E-state index contributed by atoms with van der Waals surface area (Å²) in [5.41, 5.74) is 0. The molecule has 0 aliphatic rings. The van der Waals surface area contributed by atoms with E-state index in [4.69, 9.17) is 9.47 Å². The normalized spacial score (nSPS) is 11.3. The van der Waals surface area contributed by atoms with E-state index in [2.05, 4.69) is 29.9 Å². The summed E-state index contributed by atoms with van der Waals surface area (Å²) >= 11 is 0. The summed E-state index contributed by atoms with van der Waals surface area (Å²) in [4.78, 5) is 34.5. The van der Waals surface area contributed by atoms with Crippen LogP contribution in [0, 0.1) is 0 Å². The third-order valence-corrected chi connectivity index (χ3v) is 2.78. The van der Waals surface area contributed by atoms with Gasteiger partial charge in [0.2, 0.25) is 0 Å². The summed E-state index contributed by atoms with van der Waals surface area (Å²) in [6.45, 7) is 4.36. The fraction of sp³-hybridized carbons (Fsp3) is 0.750. The van der Waals surface area contributed by atoms with Gasteiger partial charge in [-0.2, -0.15) is 0 Å². The molecule has 0 saturated carbocycles. The molecular formula is C12H24BN4O5P. The molecule has 11 heteroatoms. The van der Waals surface area contributed by atoms with Gasteiger partial charge in [0.1, 0.15) is 0 Å². The van der Waals surface area contributed by atoms with Crippen molar-refractivity contribution in [1.29, 1.82) is 0 Å². The van der Waals surface area contributed by atoms with E-state index in [0.717, 1.165) is 0 Å². The topological polar surface area (TPSA) is 118 Å². The Bertz CT molecular complexity index is 411. The van der Waals surface area contributed by atoms with E-state index in [1.165, 1.54) is 7.21 Å². The monoisotopic (exact) mass is 346 g/mol. The number of ether oxygens (including phenoxy) is 2. The second-order valence-electron chi connectivity index (χ2n) is 4.35. The van der Waals surface area contributed by atoms with Gasteiger partial charge in [0, 0.05) is 0 Å². The summed E-state index contributed by atoms with van der Waals surface area (Å²) in [6.07, 6.45) is 0.544. The molecule has 0 radical (unpaired) electrons. The van der Waals surface area contributed by atoms with Crippen LogP contribution in [0.4, 0.5) is 9.59 Å². The Balaban J connectivity index is 4.22. The van der Waals surface area contributed by atoms with Crippen molar-refractivity contribution in [3.8, 4) is 0 Å². The number of unbranched alkanes of at least 4 members (excludes halogenated alkanes) is 1. The fourth-order valence-electron chi connectivity index (χ4n) is 1.63. The van der Waals surface area contributed by atoms with Crippen molar-refractivity contribution in [3.05, 3.63) is 0 Å². The van der Waals surface area contributed by atoms with E-state index in [9.17, 15) is 14.4 Å². The summed E-state index contributed by atoms with van der Waals surface area (Å²) in [5.74, 6) is -0.386. The first kappa shape index (κ1) is 21.3. The summed E-state index contributed by atoms with van der Waals surface area (Å²) in [7, 11) is 3.30. The maximum absolute atomic E-state index is 11.9. The van der Waals surface area contributed by atoms with Crippen LogP contribution >= 0.6 is 9.39 Å². The van der Waals surface area contributed by atoms with E-state index in [0.29, 0.717) is 32.4 Å². The zero-order chi connectivity index (χ0) is 17.5. The summed E-state index contributed by atoms with van der Waals surface area (Å²) in [6, 6.07) is -0.736. The molecule has 0 aromatic heterocycles. The second kappa shape index (κ2) is 13.9.